The maximum absolute atomic E-state index is 11.9. The number of carbonyl (C=O) groups excluding carboxylic acids is 2. The number of methoxy groups -OCH3 is 1. The molecule has 0 aromatic rings. The van der Waals surface area contributed by atoms with Crippen molar-refractivity contribution < 1.29 is 19.1 Å². The molecule has 7 heteroatoms. The van der Waals surface area contributed by atoms with Gasteiger partial charge in [0.15, 0.2) is 0 Å². The second-order valence-corrected chi connectivity index (χ2v) is 5.41. The fourth-order valence-corrected chi connectivity index (χ4v) is 1.68. The molecule has 1 rings (SSSR count). The highest BCUT2D eigenvalue weighted by Crippen LogP contribution is 2.11. The van der Waals surface area contributed by atoms with Crippen molar-refractivity contribution in [1.29, 1.82) is 0 Å². The zero-order valence-electron chi connectivity index (χ0n) is 12.0. The molecule has 2 amide bonds. The molecule has 1 fully saturated rings. The lowest BCUT2D eigenvalue weighted by Gasteiger charge is -2.34. The second-order valence-electron chi connectivity index (χ2n) is 5.41. The predicted octanol–water partition coefficient (Wildman–Crippen LogP) is -0.0846. The molecule has 1 unspecified atom stereocenters. The number of rotatable bonds is 3. The lowest BCUT2D eigenvalue weighted by atomic mass is 10.2. The molecule has 2 N–H and O–H groups in total. The van der Waals surface area contributed by atoms with Crippen molar-refractivity contribution in [3.05, 3.63) is 0 Å². The summed E-state index contributed by atoms with van der Waals surface area (Å²) in [7, 11) is 1.50. The molecule has 0 aromatic carbocycles. The molecule has 0 spiro atoms. The van der Waals surface area contributed by atoms with Crippen LogP contribution in [0, 0.1) is 0 Å². The van der Waals surface area contributed by atoms with E-state index in [0.717, 1.165) is 0 Å². The number of nitrogens with one attached hydrogen (secondary N) is 2. The van der Waals surface area contributed by atoms with Crippen LogP contribution in [0.5, 0.6) is 0 Å². The molecule has 0 bridgehead atoms. The van der Waals surface area contributed by atoms with Gasteiger partial charge >= 0.3 is 6.09 Å². The van der Waals surface area contributed by atoms with Crippen molar-refractivity contribution in [3.63, 3.8) is 0 Å². The van der Waals surface area contributed by atoms with E-state index in [1.807, 2.05) is 20.8 Å². The summed E-state index contributed by atoms with van der Waals surface area (Å²) in [5.74, 6) is -0.185. The Hall–Kier alpha value is -1.34. The molecule has 0 aliphatic carbocycles. The first kappa shape index (κ1) is 15.7. The lowest BCUT2D eigenvalue weighted by Crippen LogP contribution is -2.59. The van der Waals surface area contributed by atoms with Crippen molar-refractivity contribution in [1.82, 2.24) is 15.5 Å². The van der Waals surface area contributed by atoms with Gasteiger partial charge in [-0.3, -0.25) is 4.79 Å². The number of hydrogen-bond donors (Lipinski definition) is 2. The quantitative estimate of drug-likeness (QED) is 0.703. The number of ether oxygens (including phenoxy) is 2. The summed E-state index contributed by atoms with van der Waals surface area (Å²) in [6.07, 6.45) is -0.390. The number of hydrogen-bond acceptors (Lipinski definition) is 5. The van der Waals surface area contributed by atoms with Crippen LogP contribution in [0.25, 0.3) is 0 Å². The van der Waals surface area contributed by atoms with Crippen LogP contribution in [-0.4, -0.2) is 62.0 Å². The van der Waals surface area contributed by atoms with Gasteiger partial charge in [0.05, 0.1) is 0 Å². The molecule has 0 saturated carbocycles. The number of carbonyl (C=O) groups is 2. The van der Waals surface area contributed by atoms with Gasteiger partial charge in [0.1, 0.15) is 18.4 Å². The van der Waals surface area contributed by atoms with E-state index >= 15 is 0 Å². The second kappa shape index (κ2) is 6.72. The minimum atomic E-state index is -0.532. The average molecular weight is 273 g/mol. The number of nitrogens with zero attached hydrogens (tertiary/aromatic N) is 1. The SMILES string of the molecule is COCNC(=O)C1CN(C(=O)OC(C)(C)C)CCN1. The van der Waals surface area contributed by atoms with E-state index in [9.17, 15) is 9.59 Å². The first-order chi connectivity index (χ1) is 8.83. The van der Waals surface area contributed by atoms with E-state index in [-0.39, 0.29) is 12.6 Å². The topological polar surface area (TPSA) is 79.9 Å². The van der Waals surface area contributed by atoms with Crippen LogP contribution in [-0.2, 0) is 14.3 Å². The molecule has 1 atom stereocenters. The summed E-state index contributed by atoms with van der Waals surface area (Å²) >= 11 is 0. The molecule has 0 radical (unpaired) electrons. The maximum Gasteiger partial charge on any atom is 0.410 e. The summed E-state index contributed by atoms with van der Waals surface area (Å²) in [4.78, 5) is 25.2. The zero-order valence-corrected chi connectivity index (χ0v) is 12.0. The summed E-state index contributed by atoms with van der Waals surface area (Å²) < 4.78 is 10.1. The molecule has 1 heterocycles. The highest BCUT2D eigenvalue weighted by Gasteiger charge is 2.30. The van der Waals surface area contributed by atoms with E-state index in [2.05, 4.69) is 10.6 Å². The molecule has 19 heavy (non-hydrogen) atoms. The van der Waals surface area contributed by atoms with Crippen LogP contribution in [0.3, 0.4) is 0 Å². The minimum absolute atomic E-state index is 0.156. The summed E-state index contributed by atoms with van der Waals surface area (Å²) in [6, 6.07) is -0.434. The van der Waals surface area contributed by atoms with Gasteiger partial charge in [0, 0.05) is 26.7 Å². The van der Waals surface area contributed by atoms with E-state index in [1.165, 1.54) is 7.11 Å². The highest BCUT2D eigenvalue weighted by molar-refractivity contribution is 5.82. The van der Waals surface area contributed by atoms with Crippen molar-refractivity contribution in [2.45, 2.75) is 32.4 Å². The van der Waals surface area contributed by atoms with Gasteiger partial charge in [0.2, 0.25) is 5.91 Å². The standard InChI is InChI=1S/C12H23N3O4/c1-12(2,3)19-11(17)15-6-5-13-9(7-15)10(16)14-8-18-4/h9,13H,5-8H2,1-4H3,(H,14,16). The molecular weight excluding hydrogens is 250 g/mol. The van der Waals surface area contributed by atoms with Crippen molar-refractivity contribution in [3.8, 4) is 0 Å². The van der Waals surface area contributed by atoms with E-state index in [1.54, 1.807) is 4.90 Å². The van der Waals surface area contributed by atoms with Crippen LogP contribution in [0.1, 0.15) is 20.8 Å². The molecule has 1 aliphatic heterocycles. The van der Waals surface area contributed by atoms with Crippen molar-refractivity contribution in [2.75, 3.05) is 33.5 Å². The summed E-state index contributed by atoms with van der Waals surface area (Å²) in [6.45, 7) is 6.99. The molecule has 7 nitrogen and oxygen atoms in total. The predicted molar refractivity (Wildman–Crippen MR) is 69.6 cm³/mol. The average Bonchev–Trinajstić information content (AvgIpc) is 2.34. The Morgan fingerprint density at radius 2 is 2.11 bits per heavy atom. The Morgan fingerprint density at radius 1 is 1.42 bits per heavy atom. The number of piperazine rings is 1. The third kappa shape index (κ3) is 5.44. The monoisotopic (exact) mass is 273 g/mol. The number of amides is 2. The van der Waals surface area contributed by atoms with E-state index in [0.29, 0.717) is 19.6 Å². The van der Waals surface area contributed by atoms with Crippen LogP contribution in [0.15, 0.2) is 0 Å². The Labute approximate surface area is 113 Å². The van der Waals surface area contributed by atoms with E-state index < -0.39 is 17.7 Å². The van der Waals surface area contributed by atoms with Gasteiger partial charge in [-0.2, -0.15) is 0 Å². The normalized spacial score (nSPS) is 20.0. The zero-order chi connectivity index (χ0) is 14.5. The van der Waals surface area contributed by atoms with Gasteiger partial charge < -0.3 is 25.0 Å². The molecule has 1 aliphatic rings. The first-order valence-corrected chi connectivity index (χ1v) is 6.31. The van der Waals surface area contributed by atoms with Crippen molar-refractivity contribution in [2.24, 2.45) is 0 Å². The maximum atomic E-state index is 11.9. The van der Waals surface area contributed by atoms with E-state index in [4.69, 9.17) is 9.47 Å². The molecule has 110 valence electrons. The van der Waals surface area contributed by atoms with Gasteiger partial charge in [0.25, 0.3) is 0 Å². The van der Waals surface area contributed by atoms with Gasteiger partial charge in [-0.05, 0) is 20.8 Å². The van der Waals surface area contributed by atoms with Gasteiger partial charge in [-0.15, -0.1) is 0 Å². The molecule has 0 aromatic heterocycles. The summed E-state index contributed by atoms with van der Waals surface area (Å²) in [5.41, 5.74) is -0.532. The lowest BCUT2D eigenvalue weighted by molar-refractivity contribution is -0.125. The third-order valence-corrected chi connectivity index (χ3v) is 2.53. The smallest absolute Gasteiger partial charge is 0.410 e. The summed E-state index contributed by atoms with van der Waals surface area (Å²) in [5, 5.41) is 5.67. The Kier molecular flexibility index (Phi) is 5.56. The molecular formula is C12H23N3O4. The Morgan fingerprint density at radius 3 is 2.68 bits per heavy atom. The first-order valence-electron chi connectivity index (χ1n) is 6.31. The van der Waals surface area contributed by atoms with Crippen LogP contribution < -0.4 is 10.6 Å². The Bertz CT molecular complexity index is 327. The van der Waals surface area contributed by atoms with Crippen LogP contribution in [0.4, 0.5) is 4.79 Å². The van der Waals surface area contributed by atoms with Gasteiger partial charge in [-0.25, -0.2) is 4.79 Å². The van der Waals surface area contributed by atoms with Crippen molar-refractivity contribution >= 4 is 12.0 Å². The Balaban J connectivity index is 2.50. The largest absolute Gasteiger partial charge is 0.444 e. The fraction of sp³-hybridized carbons (Fsp3) is 0.833. The van der Waals surface area contributed by atoms with Gasteiger partial charge in [-0.1, -0.05) is 0 Å². The minimum Gasteiger partial charge on any atom is -0.444 e. The molecule has 1 saturated heterocycles. The van der Waals surface area contributed by atoms with Crippen LogP contribution >= 0.6 is 0 Å². The highest BCUT2D eigenvalue weighted by atomic mass is 16.6. The fourth-order valence-electron chi connectivity index (χ4n) is 1.68. The van der Waals surface area contributed by atoms with Crippen LogP contribution in [0.2, 0.25) is 0 Å². The third-order valence-electron chi connectivity index (χ3n) is 2.53.